The summed E-state index contributed by atoms with van der Waals surface area (Å²) in [5.41, 5.74) is 5.99. The second kappa shape index (κ2) is 15.0. The SMILES string of the molecule is Cc1cc(CNc2ccc(-c3cnn(CC45CC6(C)CC(C)(C4)CC(OCCNCc4cccc(O)c4)(C6)C5)c3C)c(C(=O)O)n2)nnc1Nc1nc2ccccc2s1. The number of benzene rings is 2. The van der Waals surface area contributed by atoms with Crippen LogP contribution in [0.2, 0.25) is 0 Å². The number of nitrogens with zero attached hydrogens (tertiary/aromatic N) is 6. The number of para-hydroxylation sites is 1. The summed E-state index contributed by atoms with van der Waals surface area (Å²) >= 11 is 1.56. The summed E-state index contributed by atoms with van der Waals surface area (Å²) in [7, 11) is 0. The van der Waals surface area contributed by atoms with Gasteiger partial charge in [0.05, 0.1) is 40.9 Å². The van der Waals surface area contributed by atoms with Crippen LogP contribution in [0.1, 0.15) is 85.4 Å². The van der Waals surface area contributed by atoms with Crippen LogP contribution in [0.3, 0.4) is 0 Å². The highest BCUT2D eigenvalue weighted by molar-refractivity contribution is 7.22. The fourth-order valence-electron chi connectivity index (χ4n) is 11.5. The highest BCUT2D eigenvalue weighted by Crippen LogP contribution is 2.72. The number of aryl methyl sites for hydroxylation is 1. The second-order valence-electron chi connectivity index (χ2n) is 18.1. The van der Waals surface area contributed by atoms with Crippen molar-refractivity contribution in [1.82, 2.24) is 35.3 Å². The number of aromatic nitrogens is 6. The Kier molecular flexibility index (Phi) is 9.92. The lowest BCUT2D eigenvalue weighted by Gasteiger charge is -2.69. The van der Waals surface area contributed by atoms with Crippen molar-refractivity contribution >= 4 is 44.3 Å². The molecule has 4 heterocycles. The molecule has 4 saturated carbocycles. The van der Waals surface area contributed by atoms with E-state index >= 15 is 0 Å². The van der Waals surface area contributed by atoms with Crippen molar-refractivity contribution in [3.8, 4) is 16.9 Å². The Morgan fingerprint density at radius 2 is 1.71 bits per heavy atom. The average molecular weight is 814 g/mol. The summed E-state index contributed by atoms with van der Waals surface area (Å²) in [6, 6.07) is 20.9. The zero-order valence-electron chi connectivity index (χ0n) is 34.0. The number of thiazole rings is 1. The van der Waals surface area contributed by atoms with Crippen LogP contribution < -0.4 is 16.0 Å². The maximum Gasteiger partial charge on any atom is 0.355 e. The molecule has 2 unspecified atom stereocenters. The van der Waals surface area contributed by atoms with E-state index in [1.54, 1.807) is 29.7 Å². The first kappa shape index (κ1) is 39.0. The minimum atomic E-state index is -1.10. The average Bonchev–Trinajstić information content (AvgIpc) is 3.75. The molecule has 4 aliphatic rings. The Hall–Kier alpha value is -5.44. The third kappa shape index (κ3) is 8.00. The summed E-state index contributed by atoms with van der Waals surface area (Å²) in [5, 5.41) is 44.6. The summed E-state index contributed by atoms with van der Waals surface area (Å²) in [6.07, 6.45) is 8.38. The number of nitrogens with one attached hydrogen (secondary N) is 3. The van der Waals surface area contributed by atoms with Crippen LogP contribution in [0.5, 0.6) is 5.75 Å². The number of ether oxygens (including phenoxy) is 1. The van der Waals surface area contributed by atoms with Gasteiger partial charge in [0.1, 0.15) is 11.6 Å². The van der Waals surface area contributed by atoms with Crippen molar-refractivity contribution in [2.75, 3.05) is 23.8 Å². The lowest BCUT2D eigenvalue weighted by Crippen LogP contribution is -2.64. The topological polar surface area (TPSA) is 172 Å². The Morgan fingerprint density at radius 3 is 2.47 bits per heavy atom. The molecule has 59 heavy (non-hydrogen) atoms. The number of rotatable bonds is 15. The van der Waals surface area contributed by atoms with Gasteiger partial charge in [0.2, 0.25) is 0 Å². The van der Waals surface area contributed by atoms with Crippen molar-refractivity contribution < 1.29 is 19.7 Å². The molecule has 4 aromatic heterocycles. The molecule has 13 nitrogen and oxygen atoms in total. The standard InChI is InChI=1S/C45H51N9O4S/c1-28-16-31(52-53-39(28)51-41-49-35-10-5-6-11-36(35)59-41)19-47-37-13-12-33(38(50-37)40(56)57)34-20-48-54(29(34)2)27-44-22-42(3)21-43(4,23-44)25-45(24-42,26-44)58-15-14-46-18-30-8-7-9-32(55)17-30/h5-13,16-17,20,46,55H,14-15,18-19,21-27H2,1-4H3,(H,47,50)(H,56,57)(H,49,51,53). The molecule has 14 heteroatoms. The molecule has 4 bridgehead atoms. The number of phenols is 1. The van der Waals surface area contributed by atoms with Gasteiger partial charge in [-0.3, -0.25) is 4.68 Å². The Bertz CT molecular complexity index is 2500. The van der Waals surface area contributed by atoms with Gasteiger partial charge in [-0.05, 0) is 122 Å². The molecule has 306 valence electrons. The summed E-state index contributed by atoms with van der Waals surface area (Å²) < 4.78 is 10.1. The van der Waals surface area contributed by atoms with E-state index < -0.39 is 5.97 Å². The molecular weight excluding hydrogens is 763 g/mol. The zero-order chi connectivity index (χ0) is 41.0. The largest absolute Gasteiger partial charge is 0.508 e. The van der Waals surface area contributed by atoms with Gasteiger partial charge in [0, 0.05) is 36.5 Å². The van der Waals surface area contributed by atoms with Crippen molar-refractivity contribution in [3.05, 3.63) is 101 Å². The van der Waals surface area contributed by atoms with Crippen LogP contribution in [0.15, 0.2) is 72.9 Å². The van der Waals surface area contributed by atoms with Crippen LogP contribution in [0, 0.1) is 30.1 Å². The molecule has 10 rings (SSSR count). The minimum Gasteiger partial charge on any atom is -0.508 e. The molecule has 0 saturated heterocycles. The zero-order valence-corrected chi connectivity index (χ0v) is 34.8. The van der Waals surface area contributed by atoms with Crippen molar-refractivity contribution in [3.63, 3.8) is 0 Å². The highest BCUT2D eigenvalue weighted by atomic mass is 32.1. The number of carboxylic acids is 1. The quantitative estimate of drug-likeness (QED) is 0.0626. The van der Waals surface area contributed by atoms with Gasteiger partial charge >= 0.3 is 5.97 Å². The van der Waals surface area contributed by atoms with E-state index in [4.69, 9.17) is 9.84 Å². The molecule has 2 atom stereocenters. The molecule has 4 aliphatic carbocycles. The maximum atomic E-state index is 12.7. The molecule has 5 N–H and O–H groups in total. The predicted molar refractivity (Wildman–Crippen MR) is 229 cm³/mol. The molecule has 0 radical (unpaired) electrons. The number of hydrogen-bond donors (Lipinski definition) is 5. The van der Waals surface area contributed by atoms with Gasteiger partial charge < -0.3 is 30.9 Å². The number of fused-ring (bicyclic) bond motifs is 1. The lowest BCUT2D eigenvalue weighted by molar-refractivity contribution is -0.247. The predicted octanol–water partition coefficient (Wildman–Crippen LogP) is 8.65. The van der Waals surface area contributed by atoms with Gasteiger partial charge in [-0.2, -0.15) is 10.2 Å². The molecule has 0 aliphatic heterocycles. The Labute approximate surface area is 347 Å². The summed E-state index contributed by atoms with van der Waals surface area (Å²) in [6.45, 7) is 12.0. The smallest absolute Gasteiger partial charge is 0.355 e. The number of aromatic hydroxyl groups is 1. The van der Waals surface area contributed by atoms with Crippen LogP contribution in [0.25, 0.3) is 21.3 Å². The molecule has 0 amide bonds. The molecule has 4 fully saturated rings. The normalized spacial score (nSPS) is 24.5. The summed E-state index contributed by atoms with van der Waals surface area (Å²) in [5.74, 6) is 0.238. The number of phenolic OH excluding ortho intramolecular Hbond substituents is 1. The van der Waals surface area contributed by atoms with E-state index in [1.807, 2.05) is 68.4 Å². The minimum absolute atomic E-state index is 0.0218. The van der Waals surface area contributed by atoms with E-state index in [9.17, 15) is 15.0 Å². The van der Waals surface area contributed by atoms with Crippen molar-refractivity contribution in [2.24, 2.45) is 16.2 Å². The molecule has 6 aromatic rings. The van der Waals surface area contributed by atoms with Gasteiger partial charge in [-0.25, -0.2) is 14.8 Å². The fraction of sp³-hybridized carbons (Fsp3) is 0.422. The van der Waals surface area contributed by atoms with E-state index in [2.05, 4.69) is 54.6 Å². The van der Waals surface area contributed by atoms with E-state index in [-0.39, 0.29) is 33.3 Å². The van der Waals surface area contributed by atoms with Gasteiger partial charge in [0.15, 0.2) is 16.6 Å². The summed E-state index contributed by atoms with van der Waals surface area (Å²) in [4.78, 5) is 21.9. The second-order valence-corrected chi connectivity index (χ2v) is 19.1. The first-order chi connectivity index (χ1) is 28.3. The number of carboxylic acid groups (broad SMARTS) is 1. The van der Waals surface area contributed by atoms with Crippen LogP contribution in [-0.2, 0) is 24.4 Å². The molecule has 2 aromatic carbocycles. The first-order valence-electron chi connectivity index (χ1n) is 20.4. The first-order valence-corrected chi connectivity index (χ1v) is 21.2. The number of anilines is 3. The van der Waals surface area contributed by atoms with E-state index in [0.29, 0.717) is 42.6 Å². The maximum absolute atomic E-state index is 12.7. The van der Waals surface area contributed by atoms with Gasteiger partial charge in [-0.15, -0.1) is 5.10 Å². The van der Waals surface area contributed by atoms with Gasteiger partial charge in [-0.1, -0.05) is 49.4 Å². The van der Waals surface area contributed by atoms with Crippen LogP contribution >= 0.6 is 11.3 Å². The molecular formula is C45H51N9O4S. The number of hydrogen-bond acceptors (Lipinski definition) is 12. The third-order valence-corrected chi connectivity index (χ3v) is 13.5. The van der Waals surface area contributed by atoms with E-state index in [1.165, 1.54) is 6.42 Å². The number of carbonyl (C=O) groups is 1. The van der Waals surface area contributed by atoms with Crippen molar-refractivity contribution in [2.45, 2.75) is 91.5 Å². The third-order valence-electron chi connectivity index (χ3n) is 12.6. The fourth-order valence-corrected chi connectivity index (χ4v) is 12.3. The molecule has 0 spiro atoms. The number of pyridine rings is 1. The van der Waals surface area contributed by atoms with Gasteiger partial charge in [0.25, 0.3) is 0 Å². The van der Waals surface area contributed by atoms with Crippen LogP contribution in [0.4, 0.5) is 16.8 Å². The lowest BCUT2D eigenvalue weighted by atomic mass is 9.39. The Balaban J connectivity index is 0.868. The van der Waals surface area contributed by atoms with E-state index in [0.717, 1.165) is 82.9 Å². The highest BCUT2D eigenvalue weighted by Gasteiger charge is 2.66. The van der Waals surface area contributed by atoms with Crippen molar-refractivity contribution in [1.29, 1.82) is 0 Å². The number of aromatic carboxylic acids is 1. The van der Waals surface area contributed by atoms with Crippen LogP contribution in [-0.4, -0.2) is 64.9 Å². The Morgan fingerprint density at radius 1 is 0.898 bits per heavy atom. The monoisotopic (exact) mass is 813 g/mol.